The number of fused-ring (bicyclic) bond motifs is 1. The number of halogens is 1. The lowest BCUT2D eigenvalue weighted by Gasteiger charge is -2.42. The predicted octanol–water partition coefficient (Wildman–Crippen LogP) is 6.98. The minimum Gasteiger partial charge on any atom is -0.276 e. The summed E-state index contributed by atoms with van der Waals surface area (Å²) in [6.07, 6.45) is 4.60. The maximum absolute atomic E-state index is 11.2. The maximum Gasteiger partial charge on any atom is 0.252 e. The van der Waals surface area contributed by atoms with Gasteiger partial charge >= 0.3 is 0 Å². The van der Waals surface area contributed by atoms with Gasteiger partial charge in [-0.1, -0.05) is 64.1 Å². The van der Waals surface area contributed by atoms with Crippen molar-refractivity contribution in [3.05, 3.63) is 70.3 Å². The van der Waals surface area contributed by atoms with Crippen molar-refractivity contribution in [2.45, 2.75) is 58.3 Å². The number of allylic oxidation sites excluding steroid dienone is 1. The van der Waals surface area contributed by atoms with Crippen LogP contribution in [0.2, 0.25) is 0 Å². The number of hydrogen-bond donors (Lipinski definition) is 0. The average molecular weight is 367 g/mol. The molecule has 26 heavy (non-hydrogen) atoms. The molecular weight excluding hydrogens is 340 g/mol. The lowest BCUT2D eigenvalue weighted by molar-refractivity contribution is 0.108. The van der Waals surface area contributed by atoms with Gasteiger partial charge in [0.1, 0.15) is 0 Å². The Hall–Kier alpha value is -1.86. The topological polar surface area (TPSA) is 17.1 Å². The van der Waals surface area contributed by atoms with Gasteiger partial charge in [0.25, 0.3) is 5.24 Å². The van der Waals surface area contributed by atoms with Crippen LogP contribution >= 0.6 is 11.6 Å². The second kappa shape index (κ2) is 6.70. The summed E-state index contributed by atoms with van der Waals surface area (Å²) in [6.45, 7) is 11.5. The molecule has 0 saturated carbocycles. The van der Waals surface area contributed by atoms with Crippen molar-refractivity contribution in [3.63, 3.8) is 0 Å². The fourth-order valence-corrected chi connectivity index (χ4v) is 4.00. The van der Waals surface area contributed by atoms with Gasteiger partial charge in [-0.2, -0.15) is 0 Å². The predicted molar refractivity (Wildman–Crippen MR) is 112 cm³/mol. The van der Waals surface area contributed by atoms with Gasteiger partial charge in [0.15, 0.2) is 0 Å². The van der Waals surface area contributed by atoms with Gasteiger partial charge in [-0.25, -0.2) is 0 Å². The van der Waals surface area contributed by atoms with Crippen LogP contribution < -0.4 is 0 Å². The van der Waals surface area contributed by atoms with Gasteiger partial charge in [-0.3, -0.25) is 4.79 Å². The van der Waals surface area contributed by atoms with E-state index in [1.807, 2.05) is 12.1 Å². The van der Waals surface area contributed by atoms with Crippen molar-refractivity contribution in [1.29, 1.82) is 0 Å². The normalized spacial score (nSPS) is 18.3. The standard InChI is InChI=1S/C24H27ClO/c1-16(14-17-6-8-18(9-7-17)22(25)26)19-10-11-20-21(15-19)24(4,5)13-12-23(20,2)3/h6-11,14-15H,12-13H2,1-5H3. The van der Waals surface area contributed by atoms with Crippen molar-refractivity contribution in [3.8, 4) is 0 Å². The molecule has 0 radical (unpaired) electrons. The first-order valence-electron chi connectivity index (χ1n) is 9.24. The smallest absolute Gasteiger partial charge is 0.252 e. The largest absolute Gasteiger partial charge is 0.276 e. The highest BCUT2D eigenvalue weighted by Crippen LogP contribution is 2.46. The lowest BCUT2D eigenvalue weighted by Crippen LogP contribution is -2.33. The van der Waals surface area contributed by atoms with Crippen LogP contribution in [0.3, 0.4) is 0 Å². The molecule has 0 atom stereocenters. The van der Waals surface area contributed by atoms with Crippen LogP contribution in [0.4, 0.5) is 0 Å². The summed E-state index contributed by atoms with van der Waals surface area (Å²) < 4.78 is 0. The molecule has 0 amide bonds. The van der Waals surface area contributed by atoms with Gasteiger partial charge in [0.2, 0.25) is 0 Å². The third-order valence-corrected chi connectivity index (χ3v) is 6.05. The minimum absolute atomic E-state index is 0.212. The summed E-state index contributed by atoms with van der Waals surface area (Å²) in [5.74, 6) is 0. The molecule has 0 N–H and O–H groups in total. The second-order valence-electron chi connectivity index (χ2n) is 8.75. The molecule has 0 heterocycles. The zero-order chi connectivity index (χ0) is 19.1. The highest BCUT2D eigenvalue weighted by atomic mass is 35.5. The molecule has 1 aliphatic rings. The van der Waals surface area contributed by atoms with E-state index in [4.69, 9.17) is 11.6 Å². The van der Waals surface area contributed by atoms with Crippen LogP contribution in [0.15, 0.2) is 42.5 Å². The van der Waals surface area contributed by atoms with E-state index >= 15 is 0 Å². The number of rotatable bonds is 3. The molecular formula is C24H27ClO. The van der Waals surface area contributed by atoms with E-state index in [1.54, 1.807) is 12.1 Å². The SMILES string of the molecule is CC(=Cc1ccc(C(=O)Cl)cc1)c1ccc2c(c1)C(C)(C)CCC2(C)C. The summed E-state index contributed by atoms with van der Waals surface area (Å²) in [6, 6.07) is 14.3. The van der Waals surface area contributed by atoms with Crippen molar-refractivity contribution < 1.29 is 4.79 Å². The summed E-state index contributed by atoms with van der Waals surface area (Å²) >= 11 is 5.52. The number of carbonyl (C=O) groups excluding carboxylic acids is 1. The molecule has 2 aromatic carbocycles. The van der Waals surface area contributed by atoms with E-state index < -0.39 is 5.24 Å². The average Bonchev–Trinajstić information content (AvgIpc) is 2.59. The minimum atomic E-state index is -0.420. The third kappa shape index (κ3) is 3.64. The fraction of sp³-hybridized carbons (Fsp3) is 0.375. The molecule has 0 spiro atoms. The van der Waals surface area contributed by atoms with Crippen LogP contribution in [0.1, 0.15) is 80.1 Å². The van der Waals surface area contributed by atoms with Crippen LogP contribution in [0.5, 0.6) is 0 Å². The van der Waals surface area contributed by atoms with E-state index in [9.17, 15) is 4.79 Å². The number of carbonyl (C=O) groups is 1. The van der Waals surface area contributed by atoms with Crippen LogP contribution in [0.25, 0.3) is 11.6 Å². The molecule has 136 valence electrons. The lowest BCUT2D eigenvalue weighted by atomic mass is 9.63. The monoisotopic (exact) mass is 366 g/mol. The molecule has 0 aromatic heterocycles. The Bertz CT molecular complexity index is 870. The highest BCUT2D eigenvalue weighted by molar-refractivity contribution is 6.67. The van der Waals surface area contributed by atoms with E-state index in [0.717, 1.165) is 5.56 Å². The quantitative estimate of drug-likeness (QED) is 0.423. The summed E-state index contributed by atoms with van der Waals surface area (Å²) in [7, 11) is 0. The first-order chi connectivity index (χ1) is 12.1. The molecule has 2 aromatic rings. The van der Waals surface area contributed by atoms with Gasteiger partial charge in [-0.05, 0) is 82.2 Å². The Balaban J connectivity index is 1.98. The van der Waals surface area contributed by atoms with Crippen LogP contribution in [-0.2, 0) is 10.8 Å². The third-order valence-electron chi connectivity index (χ3n) is 5.83. The highest BCUT2D eigenvalue weighted by Gasteiger charge is 2.36. The van der Waals surface area contributed by atoms with Crippen molar-refractivity contribution in [2.75, 3.05) is 0 Å². The molecule has 3 rings (SSSR count). The van der Waals surface area contributed by atoms with Gasteiger partial charge in [-0.15, -0.1) is 0 Å². The summed E-state index contributed by atoms with van der Waals surface area (Å²) in [4.78, 5) is 11.2. The van der Waals surface area contributed by atoms with Crippen molar-refractivity contribution in [1.82, 2.24) is 0 Å². The van der Waals surface area contributed by atoms with Gasteiger partial charge in [0.05, 0.1) is 0 Å². The van der Waals surface area contributed by atoms with E-state index in [2.05, 4.69) is 58.9 Å². The van der Waals surface area contributed by atoms with Crippen LogP contribution in [0, 0.1) is 0 Å². The molecule has 0 unspecified atom stereocenters. The molecule has 1 nitrogen and oxygen atoms in total. The first-order valence-corrected chi connectivity index (χ1v) is 9.61. The summed E-state index contributed by atoms with van der Waals surface area (Å²) in [5, 5.41) is -0.420. The molecule has 0 fully saturated rings. The Kier molecular flexibility index (Phi) is 4.88. The zero-order valence-electron chi connectivity index (χ0n) is 16.3. The molecule has 1 aliphatic carbocycles. The summed E-state index contributed by atoms with van der Waals surface area (Å²) in [5.41, 5.74) is 7.48. The van der Waals surface area contributed by atoms with E-state index in [0.29, 0.717) is 5.56 Å². The molecule has 0 aliphatic heterocycles. The Morgan fingerprint density at radius 1 is 0.885 bits per heavy atom. The van der Waals surface area contributed by atoms with Gasteiger partial charge in [0, 0.05) is 5.56 Å². The van der Waals surface area contributed by atoms with Crippen molar-refractivity contribution >= 4 is 28.5 Å². The Morgan fingerprint density at radius 2 is 1.42 bits per heavy atom. The maximum atomic E-state index is 11.2. The zero-order valence-corrected chi connectivity index (χ0v) is 17.1. The van der Waals surface area contributed by atoms with Crippen molar-refractivity contribution in [2.24, 2.45) is 0 Å². The van der Waals surface area contributed by atoms with E-state index in [-0.39, 0.29) is 10.8 Å². The van der Waals surface area contributed by atoms with E-state index in [1.165, 1.54) is 35.1 Å². The number of benzene rings is 2. The number of hydrogen-bond acceptors (Lipinski definition) is 1. The molecule has 0 saturated heterocycles. The Morgan fingerprint density at radius 3 is 2.00 bits per heavy atom. The Labute approximate surface area is 162 Å². The van der Waals surface area contributed by atoms with Gasteiger partial charge < -0.3 is 0 Å². The molecule has 2 heteroatoms. The van der Waals surface area contributed by atoms with Crippen LogP contribution in [-0.4, -0.2) is 5.24 Å². The fourth-order valence-electron chi connectivity index (χ4n) is 3.88. The first kappa shape index (κ1) is 18.9. The second-order valence-corrected chi connectivity index (χ2v) is 9.09. The molecule has 0 bridgehead atoms.